The molecule has 74 valence electrons. The first-order valence-corrected chi connectivity index (χ1v) is 5.46. The van der Waals surface area contributed by atoms with Crippen LogP contribution in [0.4, 0.5) is 0 Å². The molecule has 0 saturated heterocycles. The van der Waals surface area contributed by atoms with Gasteiger partial charge in [-0.15, -0.1) is 11.3 Å². The molecule has 1 aromatic heterocycles. The van der Waals surface area contributed by atoms with Gasteiger partial charge in [-0.05, 0) is 29.0 Å². The van der Waals surface area contributed by atoms with Crippen LogP contribution in [0, 0.1) is 0 Å². The Labute approximate surface area is 90.0 Å². The summed E-state index contributed by atoms with van der Waals surface area (Å²) in [6, 6.07) is 9.08. The molecule has 1 heterocycles. The molecule has 3 aromatic rings. The highest BCUT2D eigenvalue weighted by molar-refractivity contribution is 7.17. The lowest BCUT2D eigenvalue weighted by Gasteiger charge is -2.04. The number of hydrogen-bond acceptors (Lipinski definition) is 3. The summed E-state index contributed by atoms with van der Waals surface area (Å²) < 4.78 is 1.03. The summed E-state index contributed by atoms with van der Waals surface area (Å²) in [5.41, 5.74) is 0. The van der Waals surface area contributed by atoms with Gasteiger partial charge in [0.2, 0.25) is 0 Å². The molecule has 0 aliphatic rings. The zero-order chi connectivity index (χ0) is 10.4. The van der Waals surface area contributed by atoms with Crippen LogP contribution >= 0.6 is 11.3 Å². The second-order valence-corrected chi connectivity index (χ2v) is 4.38. The van der Waals surface area contributed by atoms with Gasteiger partial charge < -0.3 is 10.2 Å². The summed E-state index contributed by atoms with van der Waals surface area (Å²) >= 11 is 1.58. The van der Waals surface area contributed by atoms with E-state index in [0.717, 1.165) is 15.5 Å². The van der Waals surface area contributed by atoms with Crippen LogP contribution in [0.1, 0.15) is 0 Å². The van der Waals surface area contributed by atoms with Crippen molar-refractivity contribution in [2.75, 3.05) is 0 Å². The van der Waals surface area contributed by atoms with E-state index in [1.807, 2.05) is 23.6 Å². The maximum Gasteiger partial charge on any atom is 0.135 e. The SMILES string of the molecule is Oc1cccc2cc3sccc3c(O)c12. The van der Waals surface area contributed by atoms with Gasteiger partial charge in [0, 0.05) is 10.1 Å². The van der Waals surface area contributed by atoms with Crippen molar-refractivity contribution in [2.45, 2.75) is 0 Å². The topological polar surface area (TPSA) is 40.5 Å². The fraction of sp³-hybridized carbons (Fsp3) is 0. The molecule has 2 N–H and O–H groups in total. The summed E-state index contributed by atoms with van der Waals surface area (Å²) in [5, 5.41) is 23.8. The summed E-state index contributed by atoms with van der Waals surface area (Å²) in [5.74, 6) is 0.292. The van der Waals surface area contributed by atoms with E-state index in [-0.39, 0.29) is 11.5 Å². The first kappa shape index (κ1) is 8.56. The molecular formula is C12H8O2S. The number of benzene rings is 2. The third kappa shape index (κ3) is 1.10. The maximum atomic E-state index is 10.0. The predicted octanol–water partition coefficient (Wildman–Crippen LogP) is 3.47. The number of fused-ring (bicyclic) bond motifs is 2. The fourth-order valence-electron chi connectivity index (χ4n) is 1.84. The first-order valence-electron chi connectivity index (χ1n) is 4.58. The zero-order valence-electron chi connectivity index (χ0n) is 7.77. The Balaban J connectivity index is 2.64. The van der Waals surface area contributed by atoms with Crippen LogP contribution in [-0.2, 0) is 0 Å². The van der Waals surface area contributed by atoms with E-state index < -0.39 is 0 Å². The van der Waals surface area contributed by atoms with Crippen molar-refractivity contribution in [3.05, 3.63) is 35.7 Å². The summed E-state index contributed by atoms with van der Waals surface area (Å²) in [7, 11) is 0. The third-order valence-corrected chi connectivity index (χ3v) is 3.41. The van der Waals surface area contributed by atoms with Gasteiger partial charge in [-0.25, -0.2) is 0 Å². The maximum absolute atomic E-state index is 10.0. The highest BCUT2D eigenvalue weighted by atomic mass is 32.1. The smallest absolute Gasteiger partial charge is 0.135 e. The molecule has 0 bridgehead atoms. The van der Waals surface area contributed by atoms with Crippen LogP contribution in [0.3, 0.4) is 0 Å². The van der Waals surface area contributed by atoms with E-state index in [0.29, 0.717) is 5.39 Å². The molecule has 0 aliphatic heterocycles. The number of thiophene rings is 1. The lowest BCUT2D eigenvalue weighted by molar-refractivity contribution is 0.467. The number of hydrogen-bond donors (Lipinski definition) is 2. The lowest BCUT2D eigenvalue weighted by atomic mass is 10.1. The van der Waals surface area contributed by atoms with E-state index in [4.69, 9.17) is 0 Å². The molecule has 15 heavy (non-hydrogen) atoms. The second kappa shape index (κ2) is 2.87. The Morgan fingerprint density at radius 3 is 2.80 bits per heavy atom. The zero-order valence-corrected chi connectivity index (χ0v) is 8.58. The van der Waals surface area contributed by atoms with Gasteiger partial charge >= 0.3 is 0 Å². The van der Waals surface area contributed by atoms with Crippen LogP contribution in [0.15, 0.2) is 35.7 Å². The molecule has 3 heteroatoms. The van der Waals surface area contributed by atoms with Crippen molar-refractivity contribution in [1.29, 1.82) is 0 Å². The van der Waals surface area contributed by atoms with Crippen LogP contribution in [-0.4, -0.2) is 10.2 Å². The highest BCUT2D eigenvalue weighted by Crippen LogP contribution is 2.40. The average Bonchev–Trinajstić information content (AvgIpc) is 2.66. The van der Waals surface area contributed by atoms with E-state index in [1.165, 1.54) is 0 Å². The predicted molar refractivity (Wildman–Crippen MR) is 62.7 cm³/mol. The van der Waals surface area contributed by atoms with Crippen LogP contribution in [0.2, 0.25) is 0 Å². The molecule has 2 nitrogen and oxygen atoms in total. The monoisotopic (exact) mass is 216 g/mol. The molecule has 0 radical (unpaired) electrons. The van der Waals surface area contributed by atoms with Gasteiger partial charge in [-0.3, -0.25) is 0 Å². The van der Waals surface area contributed by atoms with Gasteiger partial charge in [-0.1, -0.05) is 12.1 Å². The summed E-state index contributed by atoms with van der Waals surface area (Å²) in [4.78, 5) is 0. The minimum Gasteiger partial charge on any atom is -0.507 e. The van der Waals surface area contributed by atoms with Gasteiger partial charge in [0.05, 0.1) is 5.39 Å². The van der Waals surface area contributed by atoms with Crippen molar-refractivity contribution in [2.24, 2.45) is 0 Å². The van der Waals surface area contributed by atoms with Crippen LogP contribution in [0.25, 0.3) is 20.9 Å². The van der Waals surface area contributed by atoms with Gasteiger partial charge in [0.25, 0.3) is 0 Å². The molecule has 2 aromatic carbocycles. The summed E-state index contributed by atoms with van der Waals surface area (Å²) in [6.45, 7) is 0. The van der Waals surface area contributed by atoms with E-state index in [2.05, 4.69) is 0 Å². The molecule has 0 unspecified atom stereocenters. The van der Waals surface area contributed by atoms with E-state index in [1.54, 1.807) is 23.5 Å². The molecule has 0 atom stereocenters. The standard InChI is InChI=1S/C12H8O2S/c13-9-3-1-2-7-6-10-8(4-5-15-10)12(14)11(7)9/h1-6,13-14H. The Kier molecular flexibility index (Phi) is 1.64. The van der Waals surface area contributed by atoms with Crippen molar-refractivity contribution in [3.8, 4) is 11.5 Å². The Morgan fingerprint density at radius 2 is 1.93 bits per heavy atom. The minimum atomic E-state index is 0.123. The Hall–Kier alpha value is -1.74. The van der Waals surface area contributed by atoms with Crippen molar-refractivity contribution in [3.63, 3.8) is 0 Å². The Morgan fingerprint density at radius 1 is 1.07 bits per heavy atom. The number of phenols is 2. The Bertz CT molecular complexity index is 655. The third-order valence-electron chi connectivity index (χ3n) is 2.55. The number of aromatic hydroxyl groups is 2. The molecule has 0 saturated carbocycles. The van der Waals surface area contributed by atoms with Crippen molar-refractivity contribution < 1.29 is 10.2 Å². The fourth-order valence-corrected chi connectivity index (χ4v) is 2.68. The lowest BCUT2D eigenvalue weighted by Crippen LogP contribution is -1.76. The molecule has 3 rings (SSSR count). The molecule has 0 fully saturated rings. The second-order valence-electron chi connectivity index (χ2n) is 3.43. The average molecular weight is 216 g/mol. The van der Waals surface area contributed by atoms with Crippen LogP contribution in [0.5, 0.6) is 11.5 Å². The minimum absolute atomic E-state index is 0.123. The van der Waals surface area contributed by atoms with E-state index in [9.17, 15) is 10.2 Å². The first-order chi connectivity index (χ1) is 7.27. The van der Waals surface area contributed by atoms with Crippen molar-refractivity contribution >= 4 is 32.2 Å². The van der Waals surface area contributed by atoms with Crippen LogP contribution < -0.4 is 0 Å². The highest BCUT2D eigenvalue weighted by Gasteiger charge is 2.10. The molecule has 0 spiro atoms. The van der Waals surface area contributed by atoms with Gasteiger partial charge in [-0.2, -0.15) is 0 Å². The number of rotatable bonds is 0. The summed E-state index contributed by atoms with van der Waals surface area (Å²) in [6.07, 6.45) is 0. The molecule has 0 amide bonds. The quantitative estimate of drug-likeness (QED) is 0.604. The number of phenolic OH excluding ortho intramolecular Hbond substituents is 2. The normalized spacial score (nSPS) is 11.2. The van der Waals surface area contributed by atoms with E-state index >= 15 is 0 Å². The van der Waals surface area contributed by atoms with Gasteiger partial charge in [0.1, 0.15) is 11.5 Å². The molecular weight excluding hydrogens is 208 g/mol. The van der Waals surface area contributed by atoms with Gasteiger partial charge in [0.15, 0.2) is 0 Å². The molecule has 0 aliphatic carbocycles. The van der Waals surface area contributed by atoms with Crippen molar-refractivity contribution in [1.82, 2.24) is 0 Å². The largest absolute Gasteiger partial charge is 0.507 e.